The minimum absolute atomic E-state index is 0.0177. The van der Waals surface area contributed by atoms with Gasteiger partial charge in [-0.05, 0) is 44.2 Å². The molecule has 6 nitrogen and oxygen atoms in total. The van der Waals surface area contributed by atoms with Gasteiger partial charge in [-0.1, -0.05) is 6.92 Å². The van der Waals surface area contributed by atoms with Crippen molar-refractivity contribution in [1.29, 1.82) is 0 Å². The Morgan fingerprint density at radius 1 is 1.22 bits per heavy atom. The second-order valence-electron chi connectivity index (χ2n) is 6.40. The first-order valence-corrected chi connectivity index (χ1v) is 10.6. The number of carbonyl (C=O) groups excluding carboxylic acids is 1. The maximum atomic E-state index is 12.6. The molecule has 1 amide bonds. The molecule has 0 aromatic heterocycles. The van der Waals surface area contributed by atoms with E-state index in [2.05, 4.69) is 5.32 Å². The summed E-state index contributed by atoms with van der Waals surface area (Å²) < 4.78 is 35.2. The maximum absolute atomic E-state index is 12.6. The predicted molar refractivity (Wildman–Crippen MR) is 104 cm³/mol. The number of fused-ring (bicyclic) bond motifs is 1. The third-order valence-electron chi connectivity index (χ3n) is 4.40. The number of benzene rings is 2. The molecule has 2 aromatic rings. The molecule has 1 aliphatic heterocycles. The molecule has 0 aliphatic carbocycles. The molecule has 0 spiro atoms. The first-order valence-electron chi connectivity index (χ1n) is 8.94. The first kappa shape index (κ1) is 19.2. The molecule has 1 N–H and O–H groups in total. The highest BCUT2D eigenvalue weighted by atomic mass is 32.2. The summed E-state index contributed by atoms with van der Waals surface area (Å²) in [7, 11) is -3.29. The third-order valence-corrected chi connectivity index (χ3v) is 6.15. The minimum atomic E-state index is -3.29. The second-order valence-corrected chi connectivity index (χ2v) is 8.68. The molecule has 2 aromatic carbocycles. The van der Waals surface area contributed by atoms with Crippen LogP contribution in [0.5, 0.6) is 11.5 Å². The van der Waals surface area contributed by atoms with Crippen molar-refractivity contribution in [3.05, 3.63) is 47.5 Å². The molecule has 7 heteroatoms. The van der Waals surface area contributed by atoms with Crippen LogP contribution >= 0.6 is 0 Å². The zero-order valence-electron chi connectivity index (χ0n) is 15.6. The van der Waals surface area contributed by atoms with Crippen molar-refractivity contribution in [3.63, 3.8) is 0 Å². The van der Waals surface area contributed by atoms with Gasteiger partial charge >= 0.3 is 0 Å². The average Bonchev–Trinajstić information content (AvgIpc) is 3.01. The normalized spacial score (nSPS) is 15.7. The molecule has 1 unspecified atom stereocenters. The summed E-state index contributed by atoms with van der Waals surface area (Å²) in [5.41, 5.74) is 1.94. The maximum Gasteiger partial charge on any atom is 0.255 e. The summed E-state index contributed by atoms with van der Waals surface area (Å²) in [5.74, 6) is 1.00. The monoisotopic (exact) mass is 389 g/mol. The van der Waals surface area contributed by atoms with E-state index in [0.717, 1.165) is 17.7 Å². The highest BCUT2D eigenvalue weighted by Gasteiger charge is 2.23. The van der Waals surface area contributed by atoms with Gasteiger partial charge in [-0.3, -0.25) is 4.79 Å². The Bertz CT molecular complexity index is 951. The largest absolute Gasteiger partial charge is 0.492 e. The fraction of sp³-hybridized carbons (Fsp3) is 0.350. The second kappa shape index (κ2) is 7.60. The fourth-order valence-electron chi connectivity index (χ4n) is 2.99. The summed E-state index contributed by atoms with van der Waals surface area (Å²) in [6, 6.07) is 9.58. The van der Waals surface area contributed by atoms with E-state index in [4.69, 9.17) is 9.47 Å². The molecule has 144 valence electrons. The number of hydrogen-bond acceptors (Lipinski definition) is 5. The molecule has 1 aliphatic rings. The average molecular weight is 389 g/mol. The molecule has 0 saturated heterocycles. The van der Waals surface area contributed by atoms with Crippen LogP contribution in [-0.4, -0.2) is 32.8 Å². The molecule has 0 fully saturated rings. The van der Waals surface area contributed by atoms with E-state index in [1.807, 2.05) is 19.9 Å². The molecule has 27 heavy (non-hydrogen) atoms. The van der Waals surface area contributed by atoms with Crippen molar-refractivity contribution >= 4 is 21.4 Å². The lowest BCUT2D eigenvalue weighted by Gasteiger charge is -2.14. The zero-order chi connectivity index (χ0) is 19.6. The topological polar surface area (TPSA) is 81.7 Å². The van der Waals surface area contributed by atoms with Gasteiger partial charge in [0, 0.05) is 23.6 Å². The van der Waals surface area contributed by atoms with Crippen LogP contribution in [-0.2, 0) is 16.3 Å². The fourth-order valence-corrected chi connectivity index (χ4v) is 3.87. The van der Waals surface area contributed by atoms with Crippen molar-refractivity contribution in [1.82, 2.24) is 0 Å². The van der Waals surface area contributed by atoms with Gasteiger partial charge in [-0.15, -0.1) is 0 Å². The van der Waals surface area contributed by atoms with Crippen molar-refractivity contribution in [3.8, 4) is 11.5 Å². The Labute approximate surface area is 159 Å². The summed E-state index contributed by atoms with van der Waals surface area (Å²) in [5, 5.41) is 2.83. The van der Waals surface area contributed by atoms with E-state index in [9.17, 15) is 13.2 Å². The van der Waals surface area contributed by atoms with E-state index in [-0.39, 0.29) is 22.7 Å². The van der Waals surface area contributed by atoms with Crippen molar-refractivity contribution < 1.29 is 22.7 Å². The minimum Gasteiger partial charge on any atom is -0.492 e. The molecule has 0 saturated carbocycles. The number of carbonyl (C=O) groups is 1. The van der Waals surface area contributed by atoms with Gasteiger partial charge in [0.25, 0.3) is 5.91 Å². The Kier molecular flexibility index (Phi) is 5.41. The Hall–Kier alpha value is -2.54. The van der Waals surface area contributed by atoms with E-state index in [0.29, 0.717) is 23.6 Å². The highest BCUT2D eigenvalue weighted by molar-refractivity contribution is 7.91. The summed E-state index contributed by atoms with van der Waals surface area (Å²) >= 11 is 0. The predicted octanol–water partition coefficient (Wildman–Crippen LogP) is 3.45. The van der Waals surface area contributed by atoms with Crippen LogP contribution in [0.25, 0.3) is 0 Å². The van der Waals surface area contributed by atoms with Crippen molar-refractivity contribution in [2.75, 3.05) is 17.7 Å². The van der Waals surface area contributed by atoms with Gasteiger partial charge in [0.05, 0.1) is 22.9 Å². The van der Waals surface area contributed by atoms with Crippen molar-refractivity contribution in [2.45, 2.75) is 38.2 Å². The van der Waals surface area contributed by atoms with Gasteiger partial charge < -0.3 is 14.8 Å². The molecule has 3 rings (SSSR count). The Morgan fingerprint density at radius 3 is 2.56 bits per heavy atom. The van der Waals surface area contributed by atoms with E-state index in [1.54, 1.807) is 13.0 Å². The lowest BCUT2D eigenvalue weighted by Crippen LogP contribution is -2.13. The number of ether oxygens (including phenoxy) is 2. The quantitative estimate of drug-likeness (QED) is 0.818. The highest BCUT2D eigenvalue weighted by Crippen LogP contribution is 2.38. The van der Waals surface area contributed by atoms with Crippen LogP contribution in [0.1, 0.15) is 36.7 Å². The summed E-state index contributed by atoms with van der Waals surface area (Å²) in [6.07, 6.45) is 0.894. The third kappa shape index (κ3) is 4.08. The van der Waals surface area contributed by atoms with Crippen molar-refractivity contribution in [2.24, 2.45) is 0 Å². The molecule has 1 heterocycles. The van der Waals surface area contributed by atoms with E-state index in [1.165, 1.54) is 24.3 Å². The SMILES string of the molecule is CCOc1cc2c(cc1NC(=O)c1ccc(S(=O)(=O)CC)cc1)OC(C)C2. The molecular formula is C20H23NO5S. The number of rotatable bonds is 6. The van der Waals surface area contributed by atoms with Gasteiger partial charge in [0.2, 0.25) is 0 Å². The first-order chi connectivity index (χ1) is 12.8. The molecule has 1 atom stereocenters. The van der Waals surface area contributed by atoms with Gasteiger partial charge in [0.1, 0.15) is 17.6 Å². The summed E-state index contributed by atoms with van der Waals surface area (Å²) in [4.78, 5) is 12.8. The Balaban J connectivity index is 1.84. The van der Waals surface area contributed by atoms with Crippen LogP contribution in [0.15, 0.2) is 41.3 Å². The number of hydrogen-bond donors (Lipinski definition) is 1. The molecular weight excluding hydrogens is 366 g/mol. The van der Waals surface area contributed by atoms with Crippen LogP contribution in [0.3, 0.4) is 0 Å². The number of amides is 1. The Morgan fingerprint density at radius 2 is 1.93 bits per heavy atom. The number of sulfone groups is 1. The van der Waals surface area contributed by atoms with Gasteiger partial charge in [0.15, 0.2) is 9.84 Å². The van der Waals surface area contributed by atoms with Crippen LogP contribution in [0.4, 0.5) is 5.69 Å². The summed E-state index contributed by atoms with van der Waals surface area (Å²) in [6.45, 7) is 5.93. The molecule has 0 radical (unpaired) electrons. The van der Waals surface area contributed by atoms with Crippen LogP contribution in [0, 0.1) is 0 Å². The lowest BCUT2D eigenvalue weighted by molar-refractivity contribution is 0.102. The smallest absolute Gasteiger partial charge is 0.255 e. The van der Waals surface area contributed by atoms with Gasteiger partial charge in [-0.2, -0.15) is 0 Å². The number of nitrogens with one attached hydrogen (secondary N) is 1. The van der Waals surface area contributed by atoms with Gasteiger partial charge in [-0.25, -0.2) is 8.42 Å². The number of anilines is 1. The lowest BCUT2D eigenvalue weighted by atomic mass is 10.1. The van der Waals surface area contributed by atoms with E-state index < -0.39 is 9.84 Å². The van der Waals surface area contributed by atoms with Crippen LogP contribution < -0.4 is 14.8 Å². The van der Waals surface area contributed by atoms with E-state index >= 15 is 0 Å². The zero-order valence-corrected chi connectivity index (χ0v) is 16.4. The standard InChI is InChI=1S/C20H23NO5S/c1-4-25-19-11-15-10-13(3)26-18(15)12-17(19)21-20(22)14-6-8-16(9-7-14)27(23,24)5-2/h6-9,11-13H,4-5,10H2,1-3H3,(H,21,22). The molecule has 0 bridgehead atoms. The van der Waals surface area contributed by atoms with Crippen LogP contribution in [0.2, 0.25) is 0 Å².